The number of rotatable bonds is 6. The topological polar surface area (TPSA) is 76.5 Å². The van der Waals surface area contributed by atoms with Gasteiger partial charge in [0.25, 0.3) is 0 Å². The third-order valence-corrected chi connectivity index (χ3v) is 4.77. The van der Waals surface area contributed by atoms with Gasteiger partial charge in [-0.25, -0.2) is 0 Å². The average molecular weight is 387 g/mol. The van der Waals surface area contributed by atoms with Crippen LogP contribution in [0.25, 0.3) is 10.9 Å². The third-order valence-electron chi connectivity index (χ3n) is 4.77. The number of benzene rings is 2. The van der Waals surface area contributed by atoms with Crippen molar-refractivity contribution in [3.05, 3.63) is 84.3 Å². The molecule has 2 heterocycles. The summed E-state index contributed by atoms with van der Waals surface area (Å²) in [5, 5.41) is 15.3. The highest BCUT2D eigenvalue weighted by molar-refractivity contribution is 5.86. The molecular formula is C23H21N3O3. The summed E-state index contributed by atoms with van der Waals surface area (Å²) >= 11 is 0. The van der Waals surface area contributed by atoms with Crippen LogP contribution in [0.3, 0.4) is 0 Å². The minimum atomic E-state index is -0.388. The molecule has 0 fully saturated rings. The number of phenolic OH excluding ortho intramolecular Hbond substituents is 1. The molecule has 4 aromatic rings. The van der Waals surface area contributed by atoms with Crippen LogP contribution in [-0.2, 0) is 0 Å². The Labute approximate surface area is 168 Å². The van der Waals surface area contributed by atoms with E-state index in [1.807, 2.05) is 60.7 Å². The molecule has 0 spiro atoms. The van der Waals surface area contributed by atoms with Gasteiger partial charge in [0.1, 0.15) is 11.3 Å². The number of nitrogens with zero attached hydrogens (tertiary/aromatic N) is 2. The van der Waals surface area contributed by atoms with Crippen LogP contribution in [-0.4, -0.2) is 29.3 Å². The lowest BCUT2D eigenvalue weighted by molar-refractivity contribution is 0.355. The molecular weight excluding hydrogens is 366 g/mol. The summed E-state index contributed by atoms with van der Waals surface area (Å²) in [6, 6.07) is 18.5. The van der Waals surface area contributed by atoms with Crippen molar-refractivity contribution < 1.29 is 14.6 Å². The normalized spacial score (nSPS) is 11.8. The minimum Gasteiger partial charge on any atom is -0.505 e. The Morgan fingerprint density at radius 2 is 1.69 bits per heavy atom. The van der Waals surface area contributed by atoms with Gasteiger partial charge in [-0.2, -0.15) is 0 Å². The molecule has 1 atom stereocenters. The second-order valence-corrected chi connectivity index (χ2v) is 6.48. The number of hydrogen-bond acceptors (Lipinski definition) is 6. The largest absolute Gasteiger partial charge is 0.505 e. The fourth-order valence-electron chi connectivity index (χ4n) is 3.33. The first-order chi connectivity index (χ1) is 14.2. The van der Waals surface area contributed by atoms with Crippen molar-refractivity contribution in [1.82, 2.24) is 9.97 Å². The zero-order valence-corrected chi connectivity index (χ0v) is 16.2. The summed E-state index contributed by atoms with van der Waals surface area (Å²) in [6.07, 6.45) is 3.40. The lowest BCUT2D eigenvalue weighted by Crippen LogP contribution is -2.14. The third kappa shape index (κ3) is 3.65. The Morgan fingerprint density at radius 1 is 0.862 bits per heavy atom. The van der Waals surface area contributed by atoms with Gasteiger partial charge >= 0.3 is 0 Å². The first-order valence-electron chi connectivity index (χ1n) is 9.17. The lowest BCUT2D eigenvalue weighted by atomic mass is 9.99. The molecule has 0 aliphatic heterocycles. The van der Waals surface area contributed by atoms with E-state index < -0.39 is 0 Å². The summed E-state index contributed by atoms with van der Waals surface area (Å²) in [5.74, 6) is 1.39. The molecule has 0 amide bonds. The van der Waals surface area contributed by atoms with Gasteiger partial charge in [0.2, 0.25) is 0 Å². The molecule has 6 heteroatoms. The number of aromatic nitrogens is 2. The monoisotopic (exact) mass is 387 g/mol. The molecule has 2 N–H and O–H groups in total. The zero-order valence-electron chi connectivity index (χ0n) is 16.2. The smallest absolute Gasteiger partial charge is 0.162 e. The molecule has 1 unspecified atom stereocenters. The number of methoxy groups -OCH3 is 2. The molecule has 2 aromatic carbocycles. The predicted molar refractivity (Wildman–Crippen MR) is 113 cm³/mol. The number of fused-ring (bicyclic) bond motifs is 1. The maximum atomic E-state index is 11.0. The van der Waals surface area contributed by atoms with Gasteiger partial charge in [-0.3, -0.25) is 9.97 Å². The molecule has 0 bridgehead atoms. The Bertz CT molecular complexity index is 1130. The van der Waals surface area contributed by atoms with Crippen LogP contribution in [0.1, 0.15) is 17.3 Å². The summed E-state index contributed by atoms with van der Waals surface area (Å²) < 4.78 is 10.7. The molecule has 0 aliphatic rings. The Hall–Kier alpha value is -3.80. The van der Waals surface area contributed by atoms with E-state index in [-0.39, 0.29) is 11.8 Å². The first-order valence-corrected chi connectivity index (χ1v) is 9.17. The Morgan fingerprint density at radius 3 is 2.45 bits per heavy atom. The molecule has 6 nitrogen and oxygen atoms in total. The highest BCUT2D eigenvalue weighted by atomic mass is 16.5. The van der Waals surface area contributed by atoms with Gasteiger partial charge in [0.05, 0.1) is 26.0 Å². The molecule has 0 aliphatic carbocycles. The van der Waals surface area contributed by atoms with Gasteiger partial charge in [0, 0.05) is 35.1 Å². The molecule has 146 valence electrons. The van der Waals surface area contributed by atoms with Crippen molar-refractivity contribution in [2.45, 2.75) is 6.04 Å². The minimum absolute atomic E-state index is 0.131. The molecule has 4 rings (SSSR count). The SMILES string of the molecule is COc1ccc(NC(c2ccccn2)c2ccc3cccnc3c2O)cc1OC. The van der Waals surface area contributed by atoms with Crippen LogP contribution in [0.2, 0.25) is 0 Å². The Kier molecular flexibility index (Phi) is 5.16. The van der Waals surface area contributed by atoms with Crippen molar-refractivity contribution >= 4 is 16.6 Å². The highest BCUT2D eigenvalue weighted by Crippen LogP contribution is 2.37. The van der Waals surface area contributed by atoms with Crippen LogP contribution in [0.5, 0.6) is 17.2 Å². The van der Waals surface area contributed by atoms with Crippen LogP contribution >= 0.6 is 0 Å². The van der Waals surface area contributed by atoms with Crippen molar-refractivity contribution in [1.29, 1.82) is 0 Å². The number of ether oxygens (including phenoxy) is 2. The number of hydrogen-bond donors (Lipinski definition) is 2. The van der Waals surface area contributed by atoms with E-state index in [2.05, 4.69) is 15.3 Å². The second kappa shape index (κ2) is 8.06. The van der Waals surface area contributed by atoms with E-state index in [1.54, 1.807) is 26.6 Å². The summed E-state index contributed by atoms with van der Waals surface area (Å²) in [6.45, 7) is 0. The number of pyridine rings is 2. The van der Waals surface area contributed by atoms with Crippen molar-refractivity contribution in [2.75, 3.05) is 19.5 Å². The fourth-order valence-corrected chi connectivity index (χ4v) is 3.33. The number of phenols is 1. The summed E-state index contributed by atoms with van der Waals surface area (Å²) in [5.41, 5.74) is 2.82. The Balaban J connectivity index is 1.81. The van der Waals surface area contributed by atoms with Gasteiger partial charge in [-0.1, -0.05) is 24.3 Å². The number of anilines is 1. The molecule has 0 saturated heterocycles. The predicted octanol–water partition coefficient (Wildman–Crippen LogP) is 4.55. The second-order valence-electron chi connectivity index (χ2n) is 6.48. The molecule has 0 radical (unpaired) electrons. The van der Waals surface area contributed by atoms with Crippen LogP contribution in [0.15, 0.2) is 73.1 Å². The first kappa shape index (κ1) is 18.6. The van der Waals surface area contributed by atoms with Crippen LogP contribution < -0.4 is 14.8 Å². The van der Waals surface area contributed by atoms with E-state index in [0.717, 1.165) is 16.8 Å². The zero-order chi connectivity index (χ0) is 20.2. The standard InChI is InChI=1S/C23H21N3O3/c1-28-19-11-9-16(14-20(19)29-2)26-22(18-7-3-4-12-24-18)17-10-8-15-6-5-13-25-21(15)23(17)27/h3-14,22,26-27H,1-2H3. The number of aromatic hydroxyl groups is 1. The van der Waals surface area contributed by atoms with Crippen molar-refractivity contribution in [3.63, 3.8) is 0 Å². The van der Waals surface area contributed by atoms with Crippen molar-refractivity contribution in [3.8, 4) is 17.2 Å². The van der Waals surface area contributed by atoms with Crippen molar-refractivity contribution in [2.24, 2.45) is 0 Å². The average Bonchev–Trinajstić information content (AvgIpc) is 2.78. The van der Waals surface area contributed by atoms with Gasteiger partial charge in [-0.15, -0.1) is 0 Å². The maximum Gasteiger partial charge on any atom is 0.162 e. The lowest BCUT2D eigenvalue weighted by Gasteiger charge is -2.22. The maximum absolute atomic E-state index is 11.0. The molecule has 29 heavy (non-hydrogen) atoms. The highest BCUT2D eigenvalue weighted by Gasteiger charge is 2.21. The summed E-state index contributed by atoms with van der Waals surface area (Å²) in [4.78, 5) is 8.84. The fraction of sp³-hybridized carbons (Fsp3) is 0.130. The van der Waals surface area contributed by atoms with E-state index in [0.29, 0.717) is 22.6 Å². The van der Waals surface area contributed by atoms with Gasteiger partial charge in [0.15, 0.2) is 11.5 Å². The number of nitrogens with one attached hydrogen (secondary N) is 1. The van der Waals surface area contributed by atoms with E-state index in [4.69, 9.17) is 9.47 Å². The molecule has 0 saturated carbocycles. The van der Waals surface area contributed by atoms with E-state index in [1.165, 1.54) is 0 Å². The van der Waals surface area contributed by atoms with E-state index >= 15 is 0 Å². The van der Waals surface area contributed by atoms with E-state index in [9.17, 15) is 5.11 Å². The quantitative estimate of drug-likeness (QED) is 0.505. The van der Waals surface area contributed by atoms with Crippen LogP contribution in [0.4, 0.5) is 5.69 Å². The van der Waals surface area contributed by atoms with Crippen LogP contribution in [0, 0.1) is 0 Å². The van der Waals surface area contributed by atoms with Gasteiger partial charge in [-0.05, 0) is 30.3 Å². The van der Waals surface area contributed by atoms with Gasteiger partial charge < -0.3 is 19.9 Å². The summed E-state index contributed by atoms with van der Waals surface area (Å²) in [7, 11) is 3.19. The molecule has 2 aromatic heterocycles.